The van der Waals surface area contributed by atoms with E-state index < -0.39 is 0 Å². The second-order valence-electron chi connectivity index (χ2n) is 5.87. The van der Waals surface area contributed by atoms with Gasteiger partial charge in [-0.05, 0) is 13.8 Å². The van der Waals surface area contributed by atoms with Gasteiger partial charge in [-0.2, -0.15) is 0 Å². The van der Waals surface area contributed by atoms with E-state index in [1.807, 2.05) is 29.9 Å². The molecule has 1 unspecified atom stereocenters. The van der Waals surface area contributed by atoms with Gasteiger partial charge in [-0.3, -0.25) is 4.90 Å². The van der Waals surface area contributed by atoms with E-state index >= 15 is 0 Å². The van der Waals surface area contributed by atoms with Crippen molar-refractivity contribution in [3.8, 4) is 0 Å². The van der Waals surface area contributed by atoms with Crippen LogP contribution in [0.5, 0.6) is 0 Å². The molecule has 2 aromatic heterocycles. The fourth-order valence-electron chi connectivity index (χ4n) is 3.10. The van der Waals surface area contributed by atoms with E-state index in [4.69, 9.17) is 0 Å². The van der Waals surface area contributed by atoms with Gasteiger partial charge in [-0.25, -0.2) is 9.97 Å². The van der Waals surface area contributed by atoms with Crippen LogP contribution < -0.4 is 10.2 Å². The number of nitrogens with one attached hydrogen (secondary N) is 1. The molecule has 23 heavy (non-hydrogen) atoms. The molecular weight excluding hydrogens is 308 g/mol. The second-order valence-corrected chi connectivity index (χ2v) is 6.96. The highest BCUT2D eigenvalue weighted by Gasteiger charge is 2.27. The molecule has 1 aliphatic heterocycles. The summed E-state index contributed by atoms with van der Waals surface area (Å²) in [7, 11) is 2.07. The zero-order chi connectivity index (χ0) is 16.2. The number of aromatic nitrogens is 3. The summed E-state index contributed by atoms with van der Waals surface area (Å²) in [5.74, 6) is 1.13. The van der Waals surface area contributed by atoms with Crippen molar-refractivity contribution in [3.05, 3.63) is 29.3 Å². The predicted octanol–water partition coefficient (Wildman–Crippen LogP) is 1.87. The highest BCUT2D eigenvalue weighted by Crippen LogP contribution is 2.27. The van der Waals surface area contributed by atoms with E-state index in [-0.39, 0.29) is 0 Å². The van der Waals surface area contributed by atoms with E-state index in [1.165, 1.54) is 4.88 Å². The van der Waals surface area contributed by atoms with E-state index in [0.29, 0.717) is 6.04 Å². The van der Waals surface area contributed by atoms with Crippen LogP contribution in [-0.2, 0) is 13.6 Å². The highest BCUT2D eigenvalue weighted by molar-refractivity contribution is 7.15. The Hall–Kier alpha value is -1.44. The lowest BCUT2D eigenvalue weighted by atomic mass is 10.1. The molecule has 126 valence electrons. The lowest BCUT2D eigenvalue weighted by Gasteiger charge is -2.35. The van der Waals surface area contributed by atoms with Crippen molar-refractivity contribution in [1.29, 1.82) is 0 Å². The summed E-state index contributed by atoms with van der Waals surface area (Å²) in [6.07, 6.45) is 5.94. The molecular formula is C16H26N6S. The quantitative estimate of drug-likeness (QED) is 0.874. The third-order valence-corrected chi connectivity index (χ3v) is 5.49. The Kier molecular flexibility index (Phi) is 5.30. The van der Waals surface area contributed by atoms with Gasteiger partial charge in [0.15, 0.2) is 5.13 Å². The number of thiazole rings is 1. The molecule has 0 radical (unpaired) electrons. The van der Waals surface area contributed by atoms with Crippen molar-refractivity contribution in [2.24, 2.45) is 7.05 Å². The van der Waals surface area contributed by atoms with Crippen molar-refractivity contribution >= 4 is 16.5 Å². The molecule has 6 nitrogen and oxygen atoms in total. The second kappa shape index (κ2) is 7.42. The molecule has 3 rings (SSSR count). The Morgan fingerprint density at radius 2 is 2.17 bits per heavy atom. The predicted molar refractivity (Wildman–Crippen MR) is 94.9 cm³/mol. The van der Waals surface area contributed by atoms with Crippen LogP contribution in [0.25, 0.3) is 0 Å². The van der Waals surface area contributed by atoms with Crippen molar-refractivity contribution in [1.82, 2.24) is 24.8 Å². The molecule has 1 fully saturated rings. The van der Waals surface area contributed by atoms with Gasteiger partial charge in [0.25, 0.3) is 0 Å². The van der Waals surface area contributed by atoms with Crippen LogP contribution in [0.3, 0.4) is 0 Å². The molecule has 0 aromatic carbocycles. The van der Waals surface area contributed by atoms with Gasteiger partial charge in [0.1, 0.15) is 5.82 Å². The maximum absolute atomic E-state index is 4.61. The van der Waals surface area contributed by atoms with E-state index in [2.05, 4.69) is 50.5 Å². The highest BCUT2D eigenvalue weighted by atomic mass is 32.1. The molecule has 0 aliphatic carbocycles. The van der Waals surface area contributed by atoms with Crippen LogP contribution in [0.15, 0.2) is 18.6 Å². The normalized spacial score (nSPS) is 19.2. The number of hydrogen-bond acceptors (Lipinski definition) is 6. The molecule has 1 N–H and O–H groups in total. The molecule has 0 amide bonds. The summed E-state index contributed by atoms with van der Waals surface area (Å²) >= 11 is 1.81. The minimum atomic E-state index is 0.322. The van der Waals surface area contributed by atoms with Gasteiger partial charge in [-0.1, -0.05) is 0 Å². The van der Waals surface area contributed by atoms with Crippen molar-refractivity contribution < 1.29 is 0 Å². The van der Waals surface area contributed by atoms with Crippen molar-refractivity contribution in [2.45, 2.75) is 26.4 Å². The van der Waals surface area contributed by atoms with Crippen molar-refractivity contribution in [3.63, 3.8) is 0 Å². The molecule has 1 saturated heterocycles. The van der Waals surface area contributed by atoms with Crippen LogP contribution in [0, 0.1) is 0 Å². The number of aryl methyl sites for hydroxylation is 1. The molecule has 1 atom stereocenters. The fourth-order valence-corrected chi connectivity index (χ4v) is 4.16. The van der Waals surface area contributed by atoms with Gasteiger partial charge in [0, 0.05) is 69.8 Å². The van der Waals surface area contributed by atoms with E-state index in [1.54, 1.807) is 0 Å². The molecule has 3 heterocycles. The molecule has 0 saturated carbocycles. The SMILES string of the molecule is CCN(CC)c1ncc(CN2CCNCC2c2nccn2C)s1. The van der Waals surface area contributed by atoms with Gasteiger partial charge in [0.05, 0.1) is 6.04 Å². The fraction of sp³-hybridized carbons (Fsp3) is 0.625. The number of piperazine rings is 1. The number of nitrogens with zero attached hydrogens (tertiary/aromatic N) is 5. The summed E-state index contributed by atoms with van der Waals surface area (Å²) < 4.78 is 2.12. The number of imidazole rings is 1. The number of anilines is 1. The lowest BCUT2D eigenvalue weighted by molar-refractivity contribution is 0.146. The lowest BCUT2D eigenvalue weighted by Crippen LogP contribution is -2.46. The van der Waals surface area contributed by atoms with Gasteiger partial charge >= 0.3 is 0 Å². The minimum absolute atomic E-state index is 0.322. The summed E-state index contributed by atoms with van der Waals surface area (Å²) in [6, 6.07) is 0.322. The zero-order valence-electron chi connectivity index (χ0n) is 14.2. The standard InChI is InChI=1S/C16H26N6S/c1-4-21(5-2)16-19-10-13(23-16)12-22-9-6-17-11-14(22)15-18-7-8-20(15)3/h7-8,10,14,17H,4-6,9,11-12H2,1-3H3. The Labute approximate surface area is 142 Å². The topological polar surface area (TPSA) is 49.2 Å². The monoisotopic (exact) mass is 334 g/mol. The Balaban J connectivity index is 1.74. The van der Waals surface area contributed by atoms with Crippen LogP contribution in [0.1, 0.15) is 30.6 Å². The summed E-state index contributed by atoms with van der Waals surface area (Å²) in [4.78, 5) is 15.3. The molecule has 0 spiro atoms. The first-order chi connectivity index (χ1) is 11.2. The maximum Gasteiger partial charge on any atom is 0.185 e. The maximum atomic E-state index is 4.61. The Morgan fingerprint density at radius 3 is 2.87 bits per heavy atom. The first kappa shape index (κ1) is 16.4. The van der Waals surface area contributed by atoms with Gasteiger partial charge in [-0.15, -0.1) is 11.3 Å². The summed E-state index contributed by atoms with van der Waals surface area (Å²) in [5, 5.41) is 4.63. The molecule has 0 bridgehead atoms. The van der Waals surface area contributed by atoms with E-state index in [9.17, 15) is 0 Å². The molecule has 1 aliphatic rings. The largest absolute Gasteiger partial charge is 0.349 e. The van der Waals surface area contributed by atoms with Crippen LogP contribution in [0.4, 0.5) is 5.13 Å². The zero-order valence-corrected chi connectivity index (χ0v) is 15.0. The molecule has 7 heteroatoms. The van der Waals surface area contributed by atoms with E-state index in [0.717, 1.165) is 50.2 Å². The molecule has 2 aromatic rings. The third kappa shape index (κ3) is 3.57. The van der Waals surface area contributed by atoms with Crippen LogP contribution in [0.2, 0.25) is 0 Å². The first-order valence-electron chi connectivity index (χ1n) is 8.34. The summed E-state index contributed by atoms with van der Waals surface area (Å²) in [5.41, 5.74) is 0. The number of hydrogen-bond donors (Lipinski definition) is 1. The van der Waals surface area contributed by atoms with Gasteiger partial charge < -0.3 is 14.8 Å². The smallest absolute Gasteiger partial charge is 0.185 e. The van der Waals surface area contributed by atoms with Crippen molar-refractivity contribution in [2.75, 3.05) is 37.6 Å². The Morgan fingerprint density at radius 1 is 1.35 bits per heavy atom. The minimum Gasteiger partial charge on any atom is -0.349 e. The number of rotatable bonds is 6. The van der Waals surface area contributed by atoms with Gasteiger partial charge in [0.2, 0.25) is 0 Å². The average molecular weight is 334 g/mol. The average Bonchev–Trinajstić information content (AvgIpc) is 3.19. The third-order valence-electron chi connectivity index (χ3n) is 4.44. The van der Waals surface area contributed by atoms with Crippen LogP contribution >= 0.6 is 11.3 Å². The summed E-state index contributed by atoms with van der Waals surface area (Å²) in [6.45, 7) is 10.3. The first-order valence-corrected chi connectivity index (χ1v) is 9.16. The van der Waals surface area contributed by atoms with Crippen LogP contribution in [-0.4, -0.2) is 52.2 Å². The Bertz CT molecular complexity index is 618.